The SMILES string of the molecule is CC1(C)ON(c2ccc(C#N)c(C(F)(F)F)c2)ON1CC(=O)Nc1ccnc2ccccc12. The van der Waals surface area contributed by atoms with Crippen LogP contribution >= 0.6 is 0 Å². The van der Waals surface area contributed by atoms with E-state index in [9.17, 15) is 18.0 Å². The average Bonchev–Trinajstić information content (AvgIpc) is 3.06. The van der Waals surface area contributed by atoms with Gasteiger partial charge in [-0.3, -0.25) is 9.78 Å². The number of nitriles is 1. The lowest BCUT2D eigenvalue weighted by atomic mass is 10.1. The second kappa shape index (κ2) is 8.32. The molecule has 0 atom stereocenters. The van der Waals surface area contributed by atoms with Gasteiger partial charge in [0.2, 0.25) is 5.91 Å². The lowest BCUT2D eigenvalue weighted by molar-refractivity contribution is -0.172. The number of fused-ring (bicyclic) bond motifs is 1. The van der Waals surface area contributed by atoms with E-state index in [0.29, 0.717) is 11.2 Å². The summed E-state index contributed by atoms with van der Waals surface area (Å²) in [5.74, 6) is -0.430. The van der Waals surface area contributed by atoms with Gasteiger partial charge in [-0.2, -0.15) is 23.4 Å². The first-order chi connectivity index (χ1) is 15.6. The number of aromatic nitrogens is 1. The number of alkyl halides is 3. The molecule has 1 aliphatic rings. The molecule has 3 aromatic rings. The molecule has 1 aliphatic heterocycles. The summed E-state index contributed by atoms with van der Waals surface area (Å²) < 4.78 is 39.9. The van der Waals surface area contributed by atoms with Gasteiger partial charge in [-0.1, -0.05) is 18.2 Å². The number of carbonyl (C=O) groups excluding carboxylic acids is 1. The number of nitrogens with one attached hydrogen (secondary N) is 1. The fourth-order valence-corrected chi connectivity index (χ4v) is 3.27. The summed E-state index contributed by atoms with van der Waals surface area (Å²) in [5.41, 5.74) is -1.63. The molecule has 2 aromatic carbocycles. The van der Waals surface area contributed by atoms with Crippen molar-refractivity contribution < 1.29 is 27.7 Å². The molecule has 0 aliphatic carbocycles. The van der Waals surface area contributed by atoms with Crippen LogP contribution in [0.25, 0.3) is 10.9 Å². The quantitative estimate of drug-likeness (QED) is 0.621. The largest absolute Gasteiger partial charge is 0.417 e. The number of hydroxylamine groups is 2. The topological polar surface area (TPSA) is 90.7 Å². The molecule has 4 rings (SSSR count). The van der Waals surface area contributed by atoms with Crippen LogP contribution in [0.4, 0.5) is 24.5 Å². The number of pyridine rings is 1. The number of nitrogens with zero attached hydrogens (tertiary/aromatic N) is 4. The summed E-state index contributed by atoms with van der Waals surface area (Å²) in [6.45, 7) is 2.91. The van der Waals surface area contributed by atoms with Gasteiger partial charge < -0.3 is 5.32 Å². The highest BCUT2D eigenvalue weighted by molar-refractivity contribution is 6.01. The van der Waals surface area contributed by atoms with Crippen LogP contribution in [-0.4, -0.2) is 28.2 Å². The molecule has 1 saturated heterocycles. The number of carbonyl (C=O) groups is 1. The number of hydrogen-bond acceptors (Lipinski definition) is 7. The van der Waals surface area contributed by atoms with Crippen molar-refractivity contribution in [2.75, 3.05) is 17.1 Å². The third-order valence-electron chi connectivity index (χ3n) is 4.93. The van der Waals surface area contributed by atoms with Crippen molar-refractivity contribution >= 4 is 28.2 Å². The van der Waals surface area contributed by atoms with E-state index in [1.807, 2.05) is 24.3 Å². The van der Waals surface area contributed by atoms with Crippen molar-refractivity contribution in [3.63, 3.8) is 0 Å². The fraction of sp³-hybridized carbons (Fsp3) is 0.227. The number of benzene rings is 2. The number of anilines is 2. The number of halogens is 3. The third kappa shape index (κ3) is 4.58. The van der Waals surface area contributed by atoms with Crippen LogP contribution in [0.2, 0.25) is 0 Å². The molecule has 11 heteroatoms. The van der Waals surface area contributed by atoms with Crippen molar-refractivity contribution in [2.45, 2.75) is 25.7 Å². The highest BCUT2D eigenvalue weighted by Gasteiger charge is 2.43. The van der Waals surface area contributed by atoms with Gasteiger partial charge in [0, 0.05) is 11.6 Å². The van der Waals surface area contributed by atoms with E-state index >= 15 is 0 Å². The summed E-state index contributed by atoms with van der Waals surface area (Å²) in [6.07, 6.45) is -3.16. The first-order valence-corrected chi connectivity index (χ1v) is 9.78. The summed E-state index contributed by atoms with van der Waals surface area (Å²) in [7, 11) is 0. The molecule has 1 N–H and O–H groups in total. The maximum absolute atomic E-state index is 13.3. The van der Waals surface area contributed by atoms with E-state index in [0.717, 1.165) is 22.7 Å². The third-order valence-corrected chi connectivity index (χ3v) is 4.93. The van der Waals surface area contributed by atoms with Crippen molar-refractivity contribution in [2.24, 2.45) is 0 Å². The summed E-state index contributed by atoms with van der Waals surface area (Å²) >= 11 is 0. The predicted molar refractivity (Wildman–Crippen MR) is 112 cm³/mol. The highest BCUT2D eigenvalue weighted by atomic mass is 19.4. The monoisotopic (exact) mass is 457 g/mol. The summed E-state index contributed by atoms with van der Waals surface area (Å²) in [5, 5.41) is 14.5. The van der Waals surface area contributed by atoms with Gasteiger partial charge in [0.15, 0.2) is 5.72 Å². The second-order valence-corrected chi connectivity index (χ2v) is 7.68. The van der Waals surface area contributed by atoms with Crippen LogP contribution in [0, 0.1) is 11.3 Å². The van der Waals surface area contributed by atoms with E-state index < -0.39 is 28.9 Å². The number of amides is 1. The Labute approximate surface area is 186 Å². The molecule has 170 valence electrons. The van der Waals surface area contributed by atoms with Gasteiger partial charge in [-0.05, 0) is 44.2 Å². The maximum atomic E-state index is 13.3. The Morgan fingerprint density at radius 3 is 2.70 bits per heavy atom. The first kappa shape index (κ1) is 22.5. The van der Waals surface area contributed by atoms with Crippen LogP contribution in [0.5, 0.6) is 0 Å². The molecule has 1 aromatic heterocycles. The number of hydrogen-bond donors (Lipinski definition) is 1. The standard InChI is InChI=1S/C22H18F3N5O3/c1-21(2)29(13-20(31)28-19-9-10-27-18-6-4-3-5-16(18)19)33-30(32-21)15-8-7-14(12-26)17(11-15)22(23,24)25/h3-11H,13H2,1-2H3,(H,27,28,31). The van der Waals surface area contributed by atoms with Crippen molar-refractivity contribution in [3.05, 3.63) is 65.9 Å². The van der Waals surface area contributed by atoms with Crippen LogP contribution < -0.4 is 10.5 Å². The molecule has 1 amide bonds. The molecule has 33 heavy (non-hydrogen) atoms. The van der Waals surface area contributed by atoms with Crippen molar-refractivity contribution in [1.29, 1.82) is 5.26 Å². The van der Waals surface area contributed by atoms with E-state index in [4.69, 9.17) is 15.0 Å². The zero-order chi connectivity index (χ0) is 23.8. The average molecular weight is 457 g/mol. The Morgan fingerprint density at radius 2 is 1.97 bits per heavy atom. The Balaban J connectivity index is 1.51. The van der Waals surface area contributed by atoms with Crippen LogP contribution in [0.15, 0.2) is 54.7 Å². The first-order valence-electron chi connectivity index (χ1n) is 9.78. The van der Waals surface area contributed by atoms with Crippen LogP contribution in [0.1, 0.15) is 25.0 Å². The molecule has 2 heterocycles. The van der Waals surface area contributed by atoms with Crippen LogP contribution in [-0.2, 0) is 20.7 Å². The maximum Gasteiger partial charge on any atom is 0.417 e. The molecular weight excluding hydrogens is 439 g/mol. The van der Waals surface area contributed by atoms with Gasteiger partial charge in [0.25, 0.3) is 0 Å². The Bertz CT molecular complexity index is 1250. The summed E-state index contributed by atoms with van der Waals surface area (Å²) in [6, 6.07) is 13.5. The normalized spacial score (nSPS) is 16.1. The minimum absolute atomic E-state index is 0.0857. The smallest absolute Gasteiger partial charge is 0.324 e. The fourth-order valence-electron chi connectivity index (χ4n) is 3.27. The Morgan fingerprint density at radius 1 is 1.21 bits per heavy atom. The van der Waals surface area contributed by atoms with Gasteiger partial charge in [0.1, 0.15) is 6.54 Å². The number of rotatable bonds is 4. The van der Waals surface area contributed by atoms with Gasteiger partial charge in [-0.25, -0.2) is 4.84 Å². The van der Waals surface area contributed by atoms with Crippen molar-refractivity contribution in [1.82, 2.24) is 10.0 Å². The highest BCUT2D eigenvalue weighted by Crippen LogP contribution is 2.37. The second-order valence-electron chi connectivity index (χ2n) is 7.68. The number of para-hydroxylation sites is 1. The molecule has 0 saturated carbocycles. The van der Waals surface area contributed by atoms with E-state index in [-0.39, 0.29) is 12.2 Å². The molecule has 8 nitrogen and oxygen atoms in total. The molecule has 0 radical (unpaired) electrons. The van der Waals surface area contributed by atoms with Gasteiger partial charge in [-0.15, -0.1) is 10.3 Å². The molecule has 1 fully saturated rings. The molecule has 0 spiro atoms. The Kier molecular flexibility index (Phi) is 5.67. The van der Waals surface area contributed by atoms with Gasteiger partial charge in [0.05, 0.1) is 34.1 Å². The zero-order valence-corrected chi connectivity index (χ0v) is 17.6. The summed E-state index contributed by atoms with van der Waals surface area (Å²) in [4.78, 5) is 28.1. The van der Waals surface area contributed by atoms with Crippen molar-refractivity contribution in [3.8, 4) is 6.07 Å². The van der Waals surface area contributed by atoms with E-state index in [1.54, 1.807) is 26.1 Å². The van der Waals surface area contributed by atoms with E-state index in [1.165, 1.54) is 17.2 Å². The molecular formula is C22H18F3N5O3. The van der Waals surface area contributed by atoms with Crippen LogP contribution in [0.3, 0.4) is 0 Å². The molecule has 0 unspecified atom stereocenters. The van der Waals surface area contributed by atoms with Gasteiger partial charge >= 0.3 is 6.18 Å². The predicted octanol–water partition coefficient (Wildman–Crippen LogP) is 4.40. The minimum atomic E-state index is -4.73. The lowest BCUT2D eigenvalue weighted by Crippen LogP contribution is -2.43. The van der Waals surface area contributed by atoms with E-state index in [2.05, 4.69) is 10.3 Å². The lowest BCUT2D eigenvalue weighted by Gasteiger charge is -2.23. The molecule has 0 bridgehead atoms. The minimum Gasteiger partial charge on any atom is -0.324 e. The Hall–Kier alpha value is -3.72. The zero-order valence-electron chi connectivity index (χ0n) is 17.6.